The molecule has 0 amide bonds. The Balaban J connectivity index is 2.62. The molecule has 0 aromatic rings. The third kappa shape index (κ3) is 2.85. The molecule has 1 rings (SSSR count). The van der Waals surface area contributed by atoms with Crippen LogP contribution in [0.4, 0.5) is 0 Å². The van der Waals surface area contributed by atoms with E-state index >= 15 is 0 Å². The van der Waals surface area contributed by atoms with Gasteiger partial charge in [0.1, 0.15) is 0 Å². The third-order valence-corrected chi connectivity index (χ3v) is 4.87. The van der Waals surface area contributed by atoms with Crippen LogP contribution in [0.15, 0.2) is 0 Å². The number of rotatable bonds is 7. The Morgan fingerprint density at radius 1 is 1.18 bits per heavy atom. The maximum Gasteiger partial charge on any atom is 0.0664 e. The fourth-order valence-electron chi connectivity index (χ4n) is 3.09. The molecule has 3 atom stereocenters. The monoisotopic (exact) mass is 241 g/mol. The van der Waals surface area contributed by atoms with Crippen LogP contribution in [0.1, 0.15) is 60.8 Å². The van der Waals surface area contributed by atoms with Crippen LogP contribution in [0.2, 0.25) is 0 Å². The molecule has 1 N–H and O–H groups in total. The molecule has 0 aromatic heterocycles. The lowest BCUT2D eigenvalue weighted by atomic mass is 9.58. The van der Waals surface area contributed by atoms with Crippen molar-refractivity contribution in [3.05, 3.63) is 0 Å². The Bertz CT molecular complexity index is 223. The van der Waals surface area contributed by atoms with Crippen LogP contribution in [0.3, 0.4) is 0 Å². The molecule has 1 fully saturated rings. The molecule has 0 bridgehead atoms. The van der Waals surface area contributed by atoms with Crippen LogP contribution in [0, 0.1) is 11.3 Å². The average molecular weight is 241 g/mol. The maximum absolute atomic E-state index is 6.28. The van der Waals surface area contributed by atoms with Gasteiger partial charge in [0.2, 0.25) is 0 Å². The van der Waals surface area contributed by atoms with Crippen molar-refractivity contribution in [3.8, 4) is 0 Å². The summed E-state index contributed by atoms with van der Waals surface area (Å²) in [6.45, 7) is 14.6. The minimum absolute atomic E-state index is 0.374. The fourth-order valence-corrected chi connectivity index (χ4v) is 3.09. The van der Waals surface area contributed by atoms with Crippen molar-refractivity contribution in [1.29, 1.82) is 0 Å². The summed E-state index contributed by atoms with van der Waals surface area (Å²) in [5.41, 5.74) is 0.374. The molecule has 2 heteroatoms. The zero-order valence-electron chi connectivity index (χ0n) is 12.5. The van der Waals surface area contributed by atoms with Gasteiger partial charge in [-0.15, -0.1) is 0 Å². The highest BCUT2D eigenvalue weighted by Gasteiger charge is 2.53. The lowest BCUT2D eigenvalue weighted by Crippen LogP contribution is -2.64. The molecule has 1 aliphatic carbocycles. The van der Waals surface area contributed by atoms with Gasteiger partial charge >= 0.3 is 0 Å². The van der Waals surface area contributed by atoms with Crippen molar-refractivity contribution in [2.75, 3.05) is 6.54 Å². The van der Waals surface area contributed by atoms with Gasteiger partial charge in [-0.25, -0.2) is 0 Å². The smallest absolute Gasteiger partial charge is 0.0664 e. The lowest BCUT2D eigenvalue weighted by molar-refractivity contribution is -0.170. The predicted octanol–water partition coefficient (Wildman–Crippen LogP) is 3.60. The normalized spacial score (nSPS) is 29.1. The van der Waals surface area contributed by atoms with E-state index < -0.39 is 0 Å². The van der Waals surface area contributed by atoms with Gasteiger partial charge in [0.25, 0.3) is 0 Å². The van der Waals surface area contributed by atoms with Gasteiger partial charge in [0.05, 0.1) is 12.2 Å². The summed E-state index contributed by atoms with van der Waals surface area (Å²) >= 11 is 0. The Kier molecular flexibility index (Phi) is 5.46. The number of nitrogens with one attached hydrogen (secondary N) is 1. The maximum atomic E-state index is 6.28. The van der Waals surface area contributed by atoms with E-state index in [1.54, 1.807) is 0 Å². The lowest BCUT2D eigenvalue weighted by Gasteiger charge is -2.56. The zero-order valence-corrected chi connectivity index (χ0v) is 12.5. The molecule has 1 saturated carbocycles. The van der Waals surface area contributed by atoms with Crippen LogP contribution in [-0.4, -0.2) is 24.8 Å². The molecule has 2 nitrogen and oxygen atoms in total. The van der Waals surface area contributed by atoms with Crippen LogP contribution < -0.4 is 5.32 Å². The molecule has 0 aromatic carbocycles. The first-order valence-electron chi connectivity index (χ1n) is 7.40. The molecule has 0 spiro atoms. The number of hydrogen-bond acceptors (Lipinski definition) is 2. The second kappa shape index (κ2) is 6.19. The van der Waals surface area contributed by atoms with Crippen molar-refractivity contribution in [3.63, 3.8) is 0 Å². The van der Waals surface area contributed by atoms with E-state index in [1.807, 2.05) is 0 Å². The quantitative estimate of drug-likeness (QED) is 0.735. The van der Waals surface area contributed by atoms with Crippen LogP contribution in [0.5, 0.6) is 0 Å². The van der Waals surface area contributed by atoms with Crippen molar-refractivity contribution >= 4 is 0 Å². The molecule has 17 heavy (non-hydrogen) atoms. The predicted molar refractivity (Wildman–Crippen MR) is 74.3 cm³/mol. The largest absolute Gasteiger partial charge is 0.374 e. The molecule has 102 valence electrons. The van der Waals surface area contributed by atoms with E-state index in [0.29, 0.717) is 29.6 Å². The SMILES string of the molecule is CCNC1CC(OC(C)C(C)C)C1(CC)CC. The number of hydrogen-bond donors (Lipinski definition) is 1. The van der Waals surface area contributed by atoms with E-state index in [-0.39, 0.29) is 0 Å². The van der Waals surface area contributed by atoms with E-state index in [9.17, 15) is 0 Å². The highest BCUT2D eigenvalue weighted by atomic mass is 16.5. The summed E-state index contributed by atoms with van der Waals surface area (Å²) in [6.07, 6.45) is 4.46. The highest BCUT2D eigenvalue weighted by Crippen LogP contribution is 2.49. The second-order valence-corrected chi connectivity index (χ2v) is 5.86. The summed E-state index contributed by atoms with van der Waals surface area (Å²) in [7, 11) is 0. The summed E-state index contributed by atoms with van der Waals surface area (Å²) in [4.78, 5) is 0. The Morgan fingerprint density at radius 2 is 1.76 bits per heavy atom. The topological polar surface area (TPSA) is 21.3 Å². The fraction of sp³-hybridized carbons (Fsp3) is 1.00. The molecule has 3 unspecified atom stereocenters. The van der Waals surface area contributed by atoms with Gasteiger partial charge in [0, 0.05) is 11.5 Å². The van der Waals surface area contributed by atoms with Crippen molar-refractivity contribution < 1.29 is 4.74 Å². The zero-order chi connectivity index (χ0) is 13.1. The van der Waals surface area contributed by atoms with Gasteiger partial charge in [-0.1, -0.05) is 34.6 Å². The van der Waals surface area contributed by atoms with Crippen LogP contribution in [-0.2, 0) is 4.74 Å². The summed E-state index contributed by atoms with van der Waals surface area (Å²) in [5, 5.41) is 3.63. The molecular weight excluding hydrogens is 210 g/mol. The van der Waals surface area contributed by atoms with Crippen molar-refractivity contribution in [2.24, 2.45) is 11.3 Å². The molecule has 1 aliphatic rings. The Labute approximate surface area is 108 Å². The second-order valence-electron chi connectivity index (χ2n) is 5.86. The molecule has 0 aliphatic heterocycles. The summed E-state index contributed by atoms with van der Waals surface area (Å²) in [6, 6.07) is 0.659. The summed E-state index contributed by atoms with van der Waals surface area (Å²) in [5.74, 6) is 0.611. The third-order valence-electron chi connectivity index (χ3n) is 4.87. The van der Waals surface area contributed by atoms with Crippen molar-refractivity contribution in [2.45, 2.75) is 79.1 Å². The van der Waals surface area contributed by atoms with Crippen LogP contribution >= 0.6 is 0 Å². The number of ether oxygens (including phenoxy) is 1. The first-order chi connectivity index (χ1) is 8.01. The van der Waals surface area contributed by atoms with E-state index in [4.69, 9.17) is 4.74 Å². The van der Waals surface area contributed by atoms with Gasteiger partial charge in [-0.3, -0.25) is 0 Å². The average Bonchev–Trinajstić information content (AvgIpc) is 2.29. The first-order valence-corrected chi connectivity index (χ1v) is 7.40. The van der Waals surface area contributed by atoms with Gasteiger partial charge < -0.3 is 10.1 Å². The van der Waals surface area contributed by atoms with Gasteiger partial charge in [0.15, 0.2) is 0 Å². The Hall–Kier alpha value is -0.0800. The minimum Gasteiger partial charge on any atom is -0.374 e. The van der Waals surface area contributed by atoms with E-state index in [1.165, 1.54) is 19.3 Å². The first kappa shape index (κ1) is 15.0. The molecule has 0 heterocycles. The van der Waals surface area contributed by atoms with E-state index in [2.05, 4.69) is 46.9 Å². The van der Waals surface area contributed by atoms with Crippen LogP contribution in [0.25, 0.3) is 0 Å². The summed E-state index contributed by atoms with van der Waals surface area (Å²) < 4.78 is 6.28. The van der Waals surface area contributed by atoms with Gasteiger partial charge in [-0.2, -0.15) is 0 Å². The van der Waals surface area contributed by atoms with Crippen molar-refractivity contribution in [1.82, 2.24) is 5.32 Å². The minimum atomic E-state index is 0.374. The Morgan fingerprint density at radius 3 is 2.18 bits per heavy atom. The van der Waals surface area contributed by atoms with Gasteiger partial charge in [-0.05, 0) is 38.6 Å². The van der Waals surface area contributed by atoms with E-state index in [0.717, 1.165) is 6.54 Å². The standard InChI is InChI=1S/C15H31NO/c1-7-15(8-2)13(16-9-3)10-14(15)17-12(6)11(4)5/h11-14,16H,7-10H2,1-6H3. The molecule has 0 saturated heterocycles. The highest BCUT2D eigenvalue weighted by molar-refractivity contribution is 5.06. The molecular formula is C15H31NO. The molecule has 0 radical (unpaired) electrons.